The van der Waals surface area contributed by atoms with Crippen molar-refractivity contribution in [1.29, 1.82) is 0 Å². The van der Waals surface area contributed by atoms with E-state index >= 15 is 0 Å². The van der Waals surface area contributed by atoms with Crippen LogP contribution in [0.4, 0.5) is 0 Å². The van der Waals surface area contributed by atoms with Gasteiger partial charge in [0, 0.05) is 19.1 Å². The second-order valence-electron chi connectivity index (χ2n) is 5.97. The summed E-state index contributed by atoms with van der Waals surface area (Å²) >= 11 is 0. The fourth-order valence-electron chi connectivity index (χ4n) is 2.94. The van der Waals surface area contributed by atoms with Crippen LogP contribution in [0.5, 0.6) is 0 Å². The van der Waals surface area contributed by atoms with E-state index in [4.69, 9.17) is 0 Å². The Bertz CT molecular complexity index is 808. The molecule has 0 aliphatic carbocycles. The van der Waals surface area contributed by atoms with Gasteiger partial charge >= 0.3 is 5.97 Å². The standard InChI is InChI=1S/C15H22N2O6S2/c1-12-14(15(18)19)8-5-10-17(12)24(20,21)11-9-16-25(22,23)13-6-3-2-4-7-13/h2-4,6-7,12,14,16H,5,8-11H2,1H3,(H,18,19)/t12-,14-/m1/s1. The smallest absolute Gasteiger partial charge is 0.308 e. The Kier molecular flexibility index (Phi) is 6.20. The minimum absolute atomic E-state index is 0.0599. The van der Waals surface area contributed by atoms with E-state index in [1.807, 2.05) is 0 Å². The summed E-state index contributed by atoms with van der Waals surface area (Å²) in [5.74, 6) is -2.18. The van der Waals surface area contributed by atoms with Crippen molar-refractivity contribution in [2.24, 2.45) is 5.92 Å². The van der Waals surface area contributed by atoms with E-state index in [-0.39, 0.29) is 18.0 Å². The summed E-state index contributed by atoms with van der Waals surface area (Å²) in [5.41, 5.74) is 0. The van der Waals surface area contributed by atoms with Gasteiger partial charge in [-0.2, -0.15) is 4.31 Å². The summed E-state index contributed by atoms with van der Waals surface area (Å²) < 4.78 is 52.6. The van der Waals surface area contributed by atoms with Gasteiger partial charge < -0.3 is 5.11 Å². The molecule has 1 saturated heterocycles. The topological polar surface area (TPSA) is 121 Å². The van der Waals surface area contributed by atoms with Gasteiger partial charge in [0.25, 0.3) is 0 Å². The number of rotatable bonds is 7. The SMILES string of the molecule is C[C@@H]1[C@H](C(=O)O)CCCN1S(=O)(=O)CCNS(=O)(=O)c1ccccc1. The number of carbonyl (C=O) groups is 1. The number of carboxylic acid groups (broad SMARTS) is 1. The summed E-state index contributed by atoms with van der Waals surface area (Å²) in [6.07, 6.45) is 0.902. The maximum atomic E-state index is 12.5. The summed E-state index contributed by atoms with van der Waals surface area (Å²) in [6, 6.07) is 7.02. The third kappa shape index (κ3) is 4.78. The summed E-state index contributed by atoms with van der Waals surface area (Å²) in [6.45, 7) is 1.54. The number of piperidine rings is 1. The number of benzene rings is 1. The van der Waals surface area contributed by atoms with Crippen molar-refractivity contribution in [3.05, 3.63) is 30.3 Å². The van der Waals surface area contributed by atoms with Gasteiger partial charge in [-0.3, -0.25) is 4.79 Å². The van der Waals surface area contributed by atoms with E-state index in [9.17, 15) is 26.7 Å². The number of nitrogens with one attached hydrogen (secondary N) is 1. The van der Waals surface area contributed by atoms with Gasteiger partial charge in [0.15, 0.2) is 0 Å². The first kappa shape index (κ1) is 19.8. The van der Waals surface area contributed by atoms with Crippen molar-refractivity contribution in [3.63, 3.8) is 0 Å². The lowest BCUT2D eigenvalue weighted by atomic mass is 9.92. The van der Waals surface area contributed by atoms with E-state index in [2.05, 4.69) is 4.72 Å². The lowest BCUT2D eigenvalue weighted by Gasteiger charge is -2.36. The van der Waals surface area contributed by atoms with Crippen LogP contribution in [0.2, 0.25) is 0 Å². The van der Waals surface area contributed by atoms with Crippen molar-refractivity contribution in [3.8, 4) is 0 Å². The molecule has 10 heteroatoms. The Labute approximate surface area is 147 Å². The van der Waals surface area contributed by atoms with Gasteiger partial charge in [0.05, 0.1) is 16.6 Å². The van der Waals surface area contributed by atoms with Gasteiger partial charge in [-0.1, -0.05) is 18.2 Å². The highest BCUT2D eigenvalue weighted by atomic mass is 32.2. The Morgan fingerprint density at radius 1 is 1.24 bits per heavy atom. The van der Waals surface area contributed by atoms with Crippen molar-refractivity contribution in [2.45, 2.75) is 30.7 Å². The molecule has 1 aromatic carbocycles. The normalized spacial score (nSPS) is 22.6. The second kappa shape index (κ2) is 7.81. The van der Waals surface area contributed by atoms with E-state index in [0.29, 0.717) is 12.8 Å². The first-order valence-corrected chi connectivity index (χ1v) is 11.0. The van der Waals surface area contributed by atoms with Crippen molar-refractivity contribution in [1.82, 2.24) is 9.03 Å². The summed E-state index contributed by atoms with van der Waals surface area (Å²) in [7, 11) is -7.54. The Hall–Kier alpha value is -1.49. The maximum Gasteiger partial charge on any atom is 0.308 e. The molecule has 0 aromatic heterocycles. The van der Waals surface area contributed by atoms with Crippen LogP contribution in [0.25, 0.3) is 0 Å². The van der Waals surface area contributed by atoms with E-state index < -0.39 is 43.7 Å². The Morgan fingerprint density at radius 3 is 2.48 bits per heavy atom. The second-order valence-corrected chi connectivity index (χ2v) is 9.77. The molecule has 140 valence electrons. The molecule has 0 amide bonds. The molecule has 1 fully saturated rings. The van der Waals surface area contributed by atoms with Gasteiger partial charge in [-0.15, -0.1) is 0 Å². The van der Waals surface area contributed by atoms with Crippen LogP contribution in [0.15, 0.2) is 35.2 Å². The Balaban J connectivity index is 2.01. The molecular formula is C15H22N2O6S2. The molecule has 2 atom stereocenters. The quantitative estimate of drug-likeness (QED) is 0.698. The van der Waals surface area contributed by atoms with Crippen LogP contribution in [-0.4, -0.2) is 57.1 Å². The number of nitrogens with zero attached hydrogens (tertiary/aromatic N) is 1. The lowest BCUT2D eigenvalue weighted by Crippen LogP contribution is -2.50. The third-order valence-electron chi connectivity index (χ3n) is 4.31. The number of hydrogen-bond acceptors (Lipinski definition) is 5. The molecule has 1 aliphatic heterocycles. The molecule has 0 bridgehead atoms. The van der Waals surface area contributed by atoms with Crippen LogP contribution >= 0.6 is 0 Å². The number of carboxylic acids is 1. The van der Waals surface area contributed by atoms with Gasteiger partial charge in [0.2, 0.25) is 20.0 Å². The zero-order chi connectivity index (χ0) is 18.7. The molecule has 0 spiro atoms. The minimum atomic E-state index is -3.78. The molecule has 1 heterocycles. The predicted octanol–water partition coefficient (Wildman–Crippen LogP) is 0.480. The molecule has 8 nitrogen and oxygen atoms in total. The molecule has 0 saturated carbocycles. The predicted molar refractivity (Wildman–Crippen MR) is 91.9 cm³/mol. The van der Waals surface area contributed by atoms with Crippen LogP contribution in [-0.2, 0) is 24.8 Å². The van der Waals surface area contributed by atoms with Crippen molar-refractivity contribution >= 4 is 26.0 Å². The van der Waals surface area contributed by atoms with Crippen LogP contribution in [0, 0.1) is 5.92 Å². The molecule has 1 aliphatic rings. The average Bonchev–Trinajstić information content (AvgIpc) is 2.55. The van der Waals surface area contributed by atoms with E-state index in [0.717, 1.165) is 0 Å². The maximum absolute atomic E-state index is 12.5. The fourth-order valence-corrected chi connectivity index (χ4v) is 5.78. The minimum Gasteiger partial charge on any atom is -0.481 e. The molecule has 2 rings (SSSR count). The molecule has 25 heavy (non-hydrogen) atoms. The first-order valence-electron chi connectivity index (χ1n) is 7.92. The first-order chi connectivity index (χ1) is 11.6. The van der Waals surface area contributed by atoms with Gasteiger partial charge in [-0.25, -0.2) is 21.6 Å². The fraction of sp³-hybridized carbons (Fsp3) is 0.533. The lowest BCUT2D eigenvalue weighted by molar-refractivity contribution is -0.144. The monoisotopic (exact) mass is 390 g/mol. The highest BCUT2D eigenvalue weighted by Gasteiger charge is 2.38. The summed E-state index contributed by atoms with van der Waals surface area (Å²) in [4.78, 5) is 11.3. The molecule has 1 aromatic rings. The molecule has 2 N–H and O–H groups in total. The van der Waals surface area contributed by atoms with Crippen LogP contribution < -0.4 is 4.72 Å². The number of hydrogen-bond donors (Lipinski definition) is 2. The van der Waals surface area contributed by atoms with Gasteiger partial charge in [0.1, 0.15) is 0 Å². The molecule has 0 unspecified atom stereocenters. The largest absolute Gasteiger partial charge is 0.481 e. The summed E-state index contributed by atoms with van der Waals surface area (Å²) in [5, 5.41) is 9.19. The zero-order valence-electron chi connectivity index (χ0n) is 13.8. The zero-order valence-corrected chi connectivity index (χ0v) is 15.5. The molecular weight excluding hydrogens is 368 g/mol. The third-order valence-corrected chi connectivity index (χ3v) is 7.74. The molecule has 0 radical (unpaired) electrons. The van der Waals surface area contributed by atoms with Crippen molar-refractivity contribution in [2.75, 3.05) is 18.8 Å². The average molecular weight is 390 g/mol. The van der Waals surface area contributed by atoms with Gasteiger partial charge in [-0.05, 0) is 31.9 Å². The number of sulfonamides is 2. The highest BCUT2D eigenvalue weighted by Crippen LogP contribution is 2.26. The van der Waals surface area contributed by atoms with Crippen LogP contribution in [0.1, 0.15) is 19.8 Å². The van der Waals surface area contributed by atoms with Crippen LogP contribution in [0.3, 0.4) is 0 Å². The van der Waals surface area contributed by atoms with E-state index in [1.54, 1.807) is 25.1 Å². The Morgan fingerprint density at radius 2 is 1.88 bits per heavy atom. The van der Waals surface area contributed by atoms with Crippen molar-refractivity contribution < 1.29 is 26.7 Å². The van der Waals surface area contributed by atoms with E-state index in [1.165, 1.54) is 16.4 Å². The highest BCUT2D eigenvalue weighted by molar-refractivity contribution is 7.90. The number of aliphatic carboxylic acids is 1.